The van der Waals surface area contributed by atoms with Gasteiger partial charge in [-0.2, -0.15) is 0 Å². The van der Waals surface area contributed by atoms with E-state index in [1.807, 2.05) is 0 Å². The molecule has 0 aliphatic rings. The van der Waals surface area contributed by atoms with E-state index in [0.717, 1.165) is 5.54 Å². The maximum absolute atomic E-state index is 2.50. The Hall–Kier alpha value is -0.303. The van der Waals surface area contributed by atoms with Crippen LogP contribution in [0, 0.1) is 0 Å². The monoisotopic (exact) mass is 196 g/mol. The van der Waals surface area contributed by atoms with Crippen molar-refractivity contribution in [3.05, 3.63) is 22.5 Å². The SMILES string of the molecule is CC(C)=C[Si](C)(C=C(C)C)C(C)C. The standard InChI is InChI=1S/C12H24Si/c1-10(2)8-13(7,12(5)6)9-11(3)4/h8-9,12H,1-7H3. The average Bonchev–Trinajstić information content (AvgIpc) is 1.82. The quantitative estimate of drug-likeness (QED) is 0.584. The highest BCUT2D eigenvalue weighted by atomic mass is 28.3. The van der Waals surface area contributed by atoms with Crippen LogP contribution in [0.25, 0.3) is 0 Å². The second kappa shape index (κ2) is 4.80. The molecule has 0 saturated heterocycles. The van der Waals surface area contributed by atoms with E-state index in [9.17, 15) is 0 Å². The maximum Gasteiger partial charge on any atom is 0.101 e. The van der Waals surface area contributed by atoms with Crippen LogP contribution in [0.2, 0.25) is 12.1 Å². The van der Waals surface area contributed by atoms with Crippen molar-refractivity contribution in [2.45, 2.75) is 53.6 Å². The fraction of sp³-hybridized carbons (Fsp3) is 0.667. The first kappa shape index (κ1) is 12.7. The Balaban J connectivity index is 4.97. The molecule has 0 nitrogen and oxygen atoms in total. The fourth-order valence-corrected chi connectivity index (χ4v) is 4.86. The molecule has 0 spiro atoms. The molecule has 0 aliphatic carbocycles. The van der Waals surface area contributed by atoms with Crippen LogP contribution in [-0.2, 0) is 0 Å². The van der Waals surface area contributed by atoms with Crippen LogP contribution in [0.3, 0.4) is 0 Å². The van der Waals surface area contributed by atoms with E-state index in [1.165, 1.54) is 11.1 Å². The molecule has 0 unspecified atom stereocenters. The predicted molar refractivity (Wildman–Crippen MR) is 65.6 cm³/mol. The summed E-state index contributed by atoms with van der Waals surface area (Å²) in [5.74, 6) is 0. The van der Waals surface area contributed by atoms with Gasteiger partial charge in [0.15, 0.2) is 0 Å². The van der Waals surface area contributed by atoms with E-state index >= 15 is 0 Å². The molecule has 0 saturated carbocycles. The van der Waals surface area contributed by atoms with Crippen molar-refractivity contribution in [1.29, 1.82) is 0 Å². The Labute approximate surface area is 84.8 Å². The van der Waals surface area contributed by atoms with Crippen molar-refractivity contribution in [1.82, 2.24) is 0 Å². The van der Waals surface area contributed by atoms with Crippen molar-refractivity contribution < 1.29 is 0 Å². The summed E-state index contributed by atoms with van der Waals surface area (Å²) < 4.78 is 0. The van der Waals surface area contributed by atoms with Gasteiger partial charge >= 0.3 is 0 Å². The zero-order valence-electron chi connectivity index (χ0n) is 10.2. The summed E-state index contributed by atoms with van der Waals surface area (Å²) in [6, 6.07) is 0. The number of hydrogen-bond acceptors (Lipinski definition) is 0. The van der Waals surface area contributed by atoms with E-state index in [1.54, 1.807) is 0 Å². The Bertz CT molecular complexity index is 195. The summed E-state index contributed by atoms with van der Waals surface area (Å²) >= 11 is 0. The maximum atomic E-state index is 2.50. The smallest absolute Gasteiger partial charge is 0.0917 e. The highest BCUT2D eigenvalue weighted by Gasteiger charge is 2.25. The first-order valence-electron chi connectivity index (χ1n) is 5.10. The van der Waals surface area contributed by atoms with Gasteiger partial charge in [0.25, 0.3) is 0 Å². The highest BCUT2D eigenvalue weighted by Crippen LogP contribution is 2.25. The molecule has 0 atom stereocenters. The van der Waals surface area contributed by atoms with Gasteiger partial charge in [-0.3, -0.25) is 0 Å². The number of rotatable bonds is 3. The van der Waals surface area contributed by atoms with Gasteiger partial charge < -0.3 is 0 Å². The lowest BCUT2D eigenvalue weighted by Crippen LogP contribution is -2.30. The van der Waals surface area contributed by atoms with Crippen LogP contribution in [-0.4, -0.2) is 8.07 Å². The second-order valence-corrected chi connectivity index (χ2v) is 9.43. The van der Waals surface area contributed by atoms with E-state index in [0.29, 0.717) is 0 Å². The van der Waals surface area contributed by atoms with Crippen LogP contribution in [0.15, 0.2) is 22.5 Å². The Morgan fingerprint density at radius 1 is 0.923 bits per heavy atom. The molecular formula is C12H24Si. The van der Waals surface area contributed by atoms with Crippen molar-refractivity contribution in [3.8, 4) is 0 Å². The summed E-state index contributed by atoms with van der Waals surface area (Å²) in [6.45, 7) is 15.9. The third-order valence-electron chi connectivity index (χ3n) is 2.44. The van der Waals surface area contributed by atoms with Gasteiger partial charge in [-0.05, 0) is 33.2 Å². The molecule has 0 aromatic rings. The Morgan fingerprint density at radius 2 is 1.23 bits per heavy atom. The molecule has 0 bridgehead atoms. The highest BCUT2D eigenvalue weighted by molar-refractivity contribution is 6.89. The Morgan fingerprint density at radius 3 is 1.38 bits per heavy atom. The molecule has 1 heteroatoms. The molecule has 0 aromatic carbocycles. The van der Waals surface area contributed by atoms with Crippen LogP contribution in [0.4, 0.5) is 0 Å². The third-order valence-corrected chi connectivity index (χ3v) is 7.33. The molecule has 0 radical (unpaired) electrons. The van der Waals surface area contributed by atoms with Gasteiger partial charge in [0.1, 0.15) is 8.07 Å². The minimum absolute atomic E-state index is 0.789. The molecule has 0 amide bonds. The number of allylic oxidation sites excluding steroid dienone is 2. The summed E-state index contributed by atoms with van der Waals surface area (Å²) in [7, 11) is -1.28. The van der Waals surface area contributed by atoms with Gasteiger partial charge in [-0.1, -0.05) is 42.9 Å². The van der Waals surface area contributed by atoms with Gasteiger partial charge in [0, 0.05) is 0 Å². The lowest BCUT2D eigenvalue weighted by atomic mass is 10.4. The normalized spacial score (nSPS) is 11.4. The molecule has 0 N–H and O–H groups in total. The van der Waals surface area contributed by atoms with E-state index < -0.39 is 8.07 Å². The zero-order valence-corrected chi connectivity index (χ0v) is 11.2. The molecule has 0 fully saturated rings. The van der Waals surface area contributed by atoms with Crippen molar-refractivity contribution >= 4 is 8.07 Å². The molecule has 0 aliphatic heterocycles. The summed E-state index contributed by atoms with van der Waals surface area (Å²) in [4.78, 5) is 0. The molecule has 13 heavy (non-hydrogen) atoms. The zero-order chi connectivity index (χ0) is 10.6. The van der Waals surface area contributed by atoms with Crippen LogP contribution < -0.4 is 0 Å². The lowest BCUT2D eigenvalue weighted by molar-refractivity contribution is 1.02. The van der Waals surface area contributed by atoms with E-state index in [2.05, 4.69) is 59.5 Å². The van der Waals surface area contributed by atoms with Gasteiger partial charge in [0.05, 0.1) is 0 Å². The summed E-state index contributed by atoms with van der Waals surface area (Å²) in [5, 5.41) is 0. The average molecular weight is 196 g/mol. The van der Waals surface area contributed by atoms with Crippen LogP contribution >= 0.6 is 0 Å². The Kier molecular flexibility index (Phi) is 4.69. The van der Waals surface area contributed by atoms with Gasteiger partial charge in [-0.25, -0.2) is 0 Å². The molecular weight excluding hydrogens is 172 g/mol. The number of hydrogen-bond donors (Lipinski definition) is 0. The van der Waals surface area contributed by atoms with Crippen molar-refractivity contribution in [2.24, 2.45) is 0 Å². The topological polar surface area (TPSA) is 0 Å². The predicted octanol–water partition coefficient (Wildman–Crippen LogP) is 4.49. The third kappa shape index (κ3) is 4.46. The van der Waals surface area contributed by atoms with Gasteiger partial charge in [0.2, 0.25) is 0 Å². The van der Waals surface area contributed by atoms with Crippen molar-refractivity contribution in [2.75, 3.05) is 0 Å². The summed E-state index contributed by atoms with van der Waals surface area (Å²) in [5.41, 5.74) is 8.72. The van der Waals surface area contributed by atoms with Crippen molar-refractivity contribution in [3.63, 3.8) is 0 Å². The van der Waals surface area contributed by atoms with Crippen LogP contribution in [0.1, 0.15) is 41.5 Å². The molecule has 0 rings (SSSR count). The lowest BCUT2D eigenvalue weighted by Gasteiger charge is -2.25. The minimum atomic E-state index is -1.28. The molecule has 0 aromatic heterocycles. The minimum Gasteiger partial charge on any atom is -0.0917 e. The van der Waals surface area contributed by atoms with E-state index in [4.69, 9.17) is 0 Å². The van der Waals surface area contributed by atoms with Crippen LogP contribution in [0.5, 0.6) is 0 Å². The van der Waals surface area contributed by atoms with Gasteiger partial charge in [-0.15, -0.1) is 0 Å². The molecule has 76 valence electrons. The van der Waals surface area contributed by atoms with E-state index in [-0.39, 0.29) is 0 Å². The fourth-order valence-electron chi connectivity index (χ4n) is 1.62. The summed E-state index contributed by atoms with van der Waals surface area (Å²) in [6.07, 6.45) is 0. The molecule has 0 heterocycles. The largest absolute Gasteiger partial charge is 0.101 e. The first-order chi connectivity index (χ1) is 5.78. The first-order valence-corrected chi connectivity index (χ1v) is 7.83. The second-order valence-electron chi connectivity index (χ2n) is 4.96.